The first-order valence-corrected chi connectivity index (χ1v) is 18.6. The average molecular weight is 697 g/mol. The highest BCUT2D eigenvalue weighted by atomic mass is 32.2. The third-order valence-corrected chi connectivity index (χ3v) is 11.0. The second-order valence-corrected chi connectivity index (χ2v) is 14.5. The summed E-state index contributed by atoms with van der Waals surface area (Å²) in [6.45, 7) is 5.45. The van der Waals surface area contributed by atoms with E-state index in [1.807, 2.05) is 30.3 Å². The number of fused-ring (bicyclic) bond motifs is 1. The number of carbonyl (C=O) groups is 2. The van der Waals surface area contributed by atoms with Crippen LogP contribution in [-0.4, -0.2) is 77.0 Å². The molecule has 1 fully saturated rings. The maximum atomic E-state index is 14.4. The second kappa shape index (κ2) is 15.5. The number of nitrogens with zero attached hydrogens (tertiary/aromatic N) is 3. The molecule has 2 amide bonds. The highest BCUT2D eigenvalue weighted by molar-refractivity contribution is 7.88. The summed E-state index contributed by atoms with van der Waals surface area (Å²) in [5, 5.41) is 0. The van der Waals surface area contributed by atoms with Crippen LogP contribution in [0.25, 0.3) is 0 Å². The van der Waals surface area contributed by atoms with E-state index in [0.717, 1.165) is 31.9 Å². The SMILES string of the molecule is COc1ccc(C(CCCNS(=O)(=O)Cc2ccccc2)N2C(=O)c3cccc(N4CCN(C(C)c5ccccc5)CC4)c3C2=O)cc1OC. The van der Waals surface area contributed by atoms with Crippen LogP contribution in [0, 0.1) is 0 Å². The fraction of sp³-hybridized carbons (Fsp3) is 0.333. The largest absolute Gasteiger partial charge is 0.493 e. The maximum absolute atomic E-state index is 14.4. The Kier molecular flexibility index (Phi) is 10.9. The number of anilines is 1. The van der Waals surface area contributed by atoms with E-state index >= 15 is 0 Å². The molecule has 2 unspecified atom stereocenters. The molecule has 0 radical (unpaired) electrons. The molecule has 262 valence electrons. The third-order valence-electron chi connectivity index (χ3n) is 9.69. The first kappa shape index (κ1) is 35.1. The lowest BCUT2D eigenvalue weighted by atomic mass is 9.99. The van der Waals surface area contributed by atoms with Crippen LogP contribution in [-0.2, 0) is 15.8 Å². The number of nitrogens with one attached hydrogen (secondary N) is 1. The van der Waals surface area contributed by atoms with Gasteiger partial charge in [-0.05, 0) is 60.7 Å². The number of methoxy groups -OCH3 is 2. The molecule has 4 aromatic rings. The summed E-state index contributed by atoms with van der Waals surface area (Å²) in [5.74, 6) is 0.137. The zero-order chi connectivity index (χ0) is 35.3. The van der Waals surface area contributed by atoms with Crippen LogP contribution < -0.4 is 19.1 Å². The van der Waals surface area contributed by atoms with E-state index in [4.69, 9.17) is 9.47 Å². The van der Waals surface area contributed by atoms with E-state index in [9.17, 15) is 18.0 Å². The minimum Gasteiger partial charge on any atom is -0.493 e. The van der Waals surface area contributed by atoms with Gasteiger partial charge in [-0.15, -0.1) is 0 Å². The zero-order valence-corrected chi connectivity index (χ0v) is 29.6. The Balaban J connectivity index is 1.21. The number of amides is 2. The summed E-state index contributed by atoms with van der Waals surface area (Å²) in [6, 6.07) is 29.9. The van der Waals surface area contributed by atoms with Gasteiger partial charge in [-0.2, -0.15) is 0 Å². The van der Waals surface area contributed by atoms with Gasteiger partial charge in [-0.3, -0.25) is 19.4 Å². The molecule has 50 heavy (non-hydrogen) atoms. The second-order valence-electron chi connectivity index (χ2n) is 12.7. The van der Waals surface area contributed by atoms with E-state index in [1.54, 1.807) is 49.6 Å². The lowest BCUT2D eigenvalue weighted by molar-refractivity contribution is 0.0572. The number of sulfonamides is 1. The Bertz CT molecular complexity index is 1910. The van der Waals surface area contributed by atoms with Gasteiger partial charge in [0.05, 0.1) is 42.8 Å². The van der Waals surface area contributed by atoms with Crippen molar-refractivity contribution in [1.82, 2.24) is 14.5 Å². The molecule has 4 aromatic carbocycles. The summed E-state index contributed by atoms with van der Waals surface area (Å²) in [5.41, 5.74) is 4.20. The summed E-state index contributed by atoms with van der Waals surface area (Å²) in [4.78, 5) is 34.5. The van der Waals surface area contributed by atoms with E-state index in [1.165, 1.54) is 17.6 Å². The molecule has 6 rings (SSSR count). The van der Waals surface area contributed by atoms with Gasteiger partial charge in [0.25, 0.3) is 11.8 Å². The first-order valence-electron chi connectivity index (χ1n) is 17.0. The van der Waals surface area contributed by atoms with Crippen LogP contribution in [0.3, 0.4) is 0 Å². The Morgan fingerprint density at radius 1 is 0.760 bits per heavy atom. The van der Waals surface area contributed by atoms with Crippen molar-refractivity contribution in [2.24, 2.45) is 0 Å². The van der Waals surface area contributed by atoms with Gasteiger partial charge in [-0.1, -0.05) is 72.8 Å². The molecule has 1 saturated heterocycles. The van der Waals surface area contributed by atoms with Crippen molar-refractivity contribution in [3.63, 3.8) is 0 Å². The van der Waals surface area contributed by atoms with Gasteiger partial charge in [-0.25, -0.2) is 13.1 Å². The van der Waals surface area contributed by atoms with Crippen LogP contribution in [0.2, 0.25) is 0 Å². The fourth-order valence-corrected chi connectivity index (χ4v) is 8.19. The molecule has 0 saturated carbocycles. The molecule has 2 heterocycles. The minimum atomic E-state index is -3.59. The van der Waals surface area contributed by atoms with Gasteiger partial charge in [0.1, 0.15) is 0 Å². The number of imide groups is 1. The molecule has 0 spiro atoms. The third kappa shape index (κ3) is 7.55. The summed E-state index contributed by atoms with van der Waals surface area (Å²) in [6.07, 6.45) is 0.717. The molecular formula is C39H44N4O6S. The van der Waals surface area contributed by atoms with E-state index in [0.29, 0.717) is 46.6 Å². The molecule has 1 N–H and O–H groups in total. The fourth-order valence-electron chi connectivity index (χ4n) is 7.00. The van der Waals surface area contributed by atoms with E-state index < -0.39 is 16.1 Å². The minimum absolute atomic E-state index is 0.131. The van der Waals surface area contributed by atoms with Crippen molar-refractivity contribution in [2.45, 2.75) is 37.6 Å². The number of hydrogen-bond donors (Lipinski definition) is 1. The Morgan fingerprint density at radius 2 is 1.44 bits per heavy atom. The lowest BCUT2D eigenvalue weighted by Gasteiger charge is -2.39. The topological polar surface area (TPSA) is 108 Å². The van der Waals surface area contributed by atoms with Gasteiger partial charge in [0.15, 0.2) is 11.5 Å². The standard InChI is InChI=1S/C39H44N4O6S/c1-28(30-14-8-5-9-15-30)41-22-24-42(25-23-41)34-17-10-16-32-37(34)39(45)43(38(32)44)33(31-19-20-35(48-2)36(26-31)49-3)18-11-21-40-50(46,47)27-29-12-6-4-7-13-29/h4-10,12-17,19-20,26,28,33,40H,11,18,21-25,27H2,1-3H3. The Hall–Kier alpha value is -4.71. The van der Waals surface area contributed by atoms with E-state index in [-0.39, 0.29) is 30.2 Å². The molecule has 10 nitrogen and oxygen atoms in total. The highest BCUT2D eigenvalue weighted by Gasteiger charge is 2.43. The summed E-state index contributed by atoms with van der Waals surface area (Å²) >= 11 is 0. The molecule has 0 bridgehead atoms. The monoisotopic (exact) mass is 696 g/mol. The predicted molar refractivity (Wildman–Crippen MR) is 194 cm³/mol. The lowest BCUT2D eigenvalue weighted by Crippen LogP contribution is -2.47. The molecule has 2 atom stereocenters. The van der Waals surface area contributed by atoms with E-state index in [2.05, 4.69) is 45.7 Å². The summed E-state index contributed by atoms with van der Waals surface area (Å²) in [7, 11) is -0.507. The highest BCUT2D eigenvalue weighted by Crippen LogP contribution is 2.40. The van der Waals surface area contributed by atoms with Crippen molar-refractivity contribution in [3.8, 4) is 11.5 Å². The number of benzene rings is 4. The predicted octanol–water partition coefficient (Wildman–Crippen LogP) is 5.82. The van der Waals surface area contributed by atoms with Crippen molar-refractivity contribution in [2.75, 3.05) is 51.8 Å². The molecular weight excluding hydrogens is 653 g/mol. The molecule has 0 aromatic heterocycles. The summed E-state index contributed by atoms with van der Waals surface area (Å²) < 4.78 is 39.4. The zero-order valence-electron chi connectivity index (χ0n) is 28.7. The van der Waals surface area contributed by atoms with Crippen molar-refractivity contribution in [1.29, 1.82) is 0 Å². The van der Waals surface area contributed by atoms with Gasteiger partial charge >= 0.3 is 0 Å². The maximum Gasteiger partial charge on any atom is 0.264 e. The first-order chi connectivity index (χ1) is 24.2. The van der Waals surface area contributed by atoms with Crippen molar-refractivity contribution in [3.05, 3.63) is 125 Å². The number of rotatable bonds is 14. The number of hydrogen-bond acceptors (Lipinski definition) is 8. The van der Waals surface area contributed by atoms with Crippen LogP contribution in [0.5, 0.6) is 11.5 Å². The van der Waals surface area contributed by atoms with Gasteiger partial charge < -0.3 is 14.4 Å². The number of carbonyl (C=O) groups excluding carboxylic acids is 2. The van der Waals surface area contributed by atoms with Crippen molar-refractivity contribution < 1.29 is 27.5 Å². The molecule has 2 aliphatic heterocycles. The smallest absolute Gasteiger partial charge is 0.264 e. The van der Waals surface area contributed by atoms with Gasteiger partial charge in [0.2, 0.25) is 10.0 Å². The Morgan fingerprint density at radius 3 is 2.12 bits per heavy atom. The molecule has 11 heteroatoms. The quantitative estimate of drug-likeness (QED) is 0.130. The van der Waals surface area contributed by atoms with Crippen LogP contribution >= 0.6 is 0 Å². The molecule has 0 aliphatic carbocycles. The number of ether oxygens (including phenoxy) is 2. The average Bonchev–Trinajstić information content (AvgIpc) is 3.40. The Labute approximate surface area is 294 Å². The normalized spacial score (nSPS) is 16.3. The van der Waals surface area contributed by atoms with Crippen LogP contribution in [0.15, 0.2) is 97.1 Å². The van der Waals surface area contributed by atoms with Crippen LogP contribution in [0.4, 0.5) is 5.69 Å². The molecule has 2 aliphatic rings. The van der Waals surface area contributed by atoms with Gasteiger partial charge in [0, 0.05) is 38.8 Å². The van der Waals surface area contributed by atoms with Crippen molar-refractivity contribution >= 4 is 27.5 Å². The van der Waals surface area contributed by atoms with Crippen LogP contribution in [0.1, 0.15) is 69.3 Å². The number of piperazine rings is 1.